The van der Waals surface area contributed by atoms with Crippen LogP contribution in [0.5, 0.6) is 0 Å². The van der Waals surface area contributed by atoms with Crippen molar-refractivity contribution in [2.75, 3.05) is 38.7 Å². The number of guanidine groups is 1. The van der Waals surface area contributed by atoms with Gasteiger partial charge in [0.05, 0.1) is 5.75 Å². The van der Waals surface area contributed by atoms with E-state index < -0.39 is 21.5 Å². The van der Waals surface area contributed by atoms with E-state index in [0.717, 1.165) is 0 Å². The van der Waals surface area contributed by atoms with Gasteiger partial charge in [-0.25, -0.2) is 13.2 Å². The molecule has 0 fully saturated rings. The molecule has 0 aromatic heterocycles. The SMILES string of the molecule is CN=C(NCCCS(C)(=O)=O)NCCNC(=O)OC(C)(C)C.I. The fourth-order valence-corrected chi connectivity index (χ4v) is 2.09. The summed E-state index contributed by atoms with van der Waals surface area (Å²) >= 11 is 0. The number of rotatable bonds is 7. The first-order chi connectivity index (χ1) is 10.0. The highest BCUT2D eigenvalue weighted by molar-refractivity contribution is 14.0. The maximum atomic E-state index is 11.4. The summed E-state index contributed by atoms with van der Waals surface area (Å²) in [5.74, 6) is 0.691. The lowest BCUT2D eigenvalue weighted by Crippen LogP contribution is -2.42. The summed E-state index contributed by atoms with van der Waals surface area (Å²) in [4.78, 5) is 15.4. The van der Waals surface area contributed by atoms with Gasteiger partial charge in [-0.1, -0.05) is 0 Å². The Kier molecular flexibility index (Phi) is 12.5. The van der Waals surface area contributed by atoms with Crippen molar-refractivity contribution >= 4 is 45.9 Å². The highest BCUT2D eigenvalue weighted by Gasteiger charge is 2.15. The maximum Gasteiger partial charge on any atom is 0.407 e. The average molecular weight is 464 g/mol. The van der Waals surface area contributed by atoms with Crippen molar-refractivity contribution in [2.45, 2.75) is 32.8 Å². The van der Waals surface area contributed by atoms with Gasteiger partial charge in [0.1, 0.15) is 15.4 Å². The minimum atomic E-state index is -2.94. The van der Waals surface area contributed by atoms with Gasteiger partial charge in [-0.05, 0) is 27.2 Å². The number of halogens is 1. The van der Waals surface area contributed by atoms with Crippen molar-refractivity contribution in [3.05, 3.63) is 0 Å². The number of ether oxygens (including phenoxy) is 1. The van der Waals surface area contributed by atoms with Crippen LogP contribution in [0.4, 0.5) is 4.79 Å². The van der Waals surface area contributed by atoms with Crippen LogP contribution < -0.4 is 16.0 Å². The number of carbonyl (C=O) groups is 1. The molecule has 3 N–H and O–H groups in total. The molecule has 8 nitrogen and oxygen atoms in total. The van der Waals surface area contributed by atoms with Crippen LogP contribution in [0.25, 0.3) is 0 Å². The summed E-state index contributed by atoms with van der Waals surface area (Å²) in [6, 6.07) is 0. The van der Waals surface area contributed by atoms with Crippen LogP contribution in [0.15, 0.2) is 4.99 Å². The van der Waals surface area contributed by atoms with Crippen molar-refractivity contribution < 1.29 is 17.9 Å². The average Bonchev–Trinajstić information content (AvgIpc) is 2.33. The van der Waals surface area contributed by atoms with E-state index in [2.05, 4.69) is 20.9 Å². The summed E-state index contributed by atoms with van der Waals surface area (Å²) in [5.41, 5.74) is -0.519. The molecule has 0 aliphatic rings. The van der Waals surface area contributed by atoms with E-state index in [1.54, 1.807) is 27.8 Å². The van der Waals surface area contributed by atoms with E-state index >= 15 is 0 Å². The normalized spacial score (nSPS) is 12.1. The van der Waals surface area contributed by atoms with E-state index in [1.807, 2.05) is 0 Å². The van der Waals surface area contributed by atoms with Crippen molar-refractivity contribution in [3.8, 4) is 0 Å². The largest absolute Gasteiger partial charge is 0.444 e. The first kappa shape index (κ1) is 24.5. The molecule has 0 spiro atoms. The predicted octanol–water partition coefficient (Wildman–Crippen LogP) is 0.729. The van der Waals surface area contributed by atoms with Crippen molar-refractivity contribution in [2.24, 2.45) is 4.99 Å². The zero-order valence-electron chi connectivity index (χ0n) is 14.4. The summed E-state index contributed by atoms with van der Waals surface area (Å²) in [6.45, 7) is 6.77. The number of hydrogen-bond donors (Lipinski definition) is 3. The molecule has 0 rings (SSSR count). The summed E-state index contributed by atoms with van der Waals surface area (Å²) < 4.78 is 27.1. The van der Waals surface area contributed by atoms with Gasteiger partial charge in [-0.3, -0.25) is 4.99 Å². The lowest BCUT2D eigenvalue weighted by Gasteiger charge is -2.19. The van der Waals surface area contributed by atoms with E-state index in [1.165, 1.54) is 6.26 Å². The Balaban J connectivity index is 0. The van der Waals surface area contributed by atoms with Gasteiger partial charge in [0.15, 0.2) is 5.96 Å². The summed E-state index contributed by atoms with van der Waals surface area (Å²) in [7, 11) is -1.32. The monoisotopic (exact) mass is 464 g/mol. The Morgan fingerprint density at radius 3 is 2.09 bits per heavy atom. The van der Waals surface area contributed by atoms with Gasteiger partial charge in [0.25, 0.3) is 0 Å². The summed E-state index contributed by atoms with van der Waals surface area (Å²) in [5, 5.41) is 8.62. The molecule has 10 heteroatoms. The Morgan fingerprint density at radius 1 is 1.09 bits per heavy atom. The van der Waals surface area contributed by atoms with Crippen LogP contribution >= 0.6 is 24.0 Å². The molecule has 0 heterocycles. The van der Waals surface area contributed by atoms with Gasteiger partial charge in [-0.2, -0.15) is 0 Å². The molecular formula is C13H29IN4O4S. The number of alkyl carbamates (subject to hydrolysis) is 1. The van der Waals surface area contributed by atoms with E-state index in [4.69, 9.17) is 4.74 Å². The molecule has 0 radical (unpaired) electrons. The number of nitrogens with zero attached hydrogens (tertiary/aromatic N) is 1. The number of aliphatic imine (C=N–C) groups is 1. The van der Waals surface area contributed by atoms with E-state index in [-0.39, 0.29) is 29.7 Å². The Bertz CT molecular complexity index is 475. The number of hydrogen-bond acceptors (Lipinski definition) is 5. The molecule has 0 unspecified atom stereocenters. The predicted molar refractivity (Wildman–Crippen MR) is 103 cm³/mol. The first-order valence-electron chi connectivity index (χ1n) is 7.12. The molecule has 0 bridgehead atoms. The number of nitrogens with one attached hydrogen (secondary N) is 3. The topological polar surface area (TPSA) is 109 Å². The fraction of sp³-hybridized carbons (Fsp3) is 0.846. The van der Waals surface area contributed by atoms with Gasteiger partial charge < -0.3 is 20.7 Å². The van der Waals surface area contributed by atoms with Crippen LogP contribution in [0, 0.1) is 0 Å². The summed E-state index contributed by atoms with van der Waals surface area (Å²) in [6.07, 6.45) is 1.25. The molecule has 0 aliphatic heterocycles. The Labute approximate surface area is 156 Å². The van der Waals surface area contributed by atoms with E-state index in [0.29, 0.717) is 32.0 Å². The third kappa shape index (κ3) is 17.4. The first-order valence-corrected chi connectivity index (χ1v) is 9.18. The van der Waals surface area contributed by atoms with Crippen LogP contribution in [0.3, 0.4) is 0 Å². The molecule has 0 aromatic rings. The highest BCUT2D eigenvalue weighted by Crippen LogP contribution is 2.05. The van der Waals surface area contributed by atoms with Gasteiger partial charge >= 0.3 is 6.09 Å². The minimum absolute atomic E-state index is 0. The second kappa shape index (κ2) is 11.7. The molecule has 0 aliphatic carbocycles. The van der Waals surface area contributed by atoms with Crippen LogP contribution in [-0.4, -0.2) is 64.8 Å². The molecule has 138 valence electrons. The second-order valence-corrected chi connectivity index (χ2v) is 8.10. The van der Waals surface area contributed by atoms with Crippen molar-refractivity contribution in [3.63, 3.8) is 0 Å². The van der Waals surface area contributed by atoms with Crippen molar-refractivity contribution in [1.29, 1.82) is 0 Å². The molecule has 0 saturated carbocycles. The zero-order valence-corrected chi connectivity index (χ0v) is 17.6. The third-order valence-corrected chi connectivity index (χ3v) is 3.32. The fourth-order valence-electron chi connectivity index (χ4n) is 1.42. The van der Waals surface area contributed by atoms with Gasteiger partial charge in [-0.15, -0.1) is 24.0 Å². The lowest BCUT2D eigenvalue weighted by atomic mass is 10.2. The smallest absolute Gasteiger partial charge is 0.407 e. The molecule has 0 saturated heterocycles. The van der Waals surface area contributed by atoms with Crippen molar-refractivity contribution in [1.82, 2.24) is 16.0 Å². The number of sulfone groups is 1. The van der Waals surface area contributed by atoms with Gasteiger partial charge in [0.2, 0.25) is 0 Å². The molecule has 0 aromatic carbocycles. The highest BCUT2D eigenvalue weighted by atomic mass is 127. The van der Waals surface area contributed by atoms with E-state index in [9.17, 15) is 13.2 Å². The quantitative estimate of drug-likeness (QED) is 0.222. The maximum absolute atomic E-state index is 11.4. The van der Waals surface area contributed by atoms with Crippen LogP contribution in [0.1, 0.15) is 27.2 Å². The molecule has 0 atom stereocenters. The second-order valence-electron chi connectivity index (χ2n) is 5.84. The standard InChI is InChI=1S/C13H28N4O4S.HI/c1-13(2,3)21-12(18)17-9-8-16-11(14-4)15-7-6-10-22(5,19)20;/h6-10H2,1-5H3,(H,17,18)(H2,14,15,16);1H. The van der Waals surface area contributed by atoms with Crippen LogP contribution in [-0.2, 0) is 14.6 Å². The Hall–Kier alpha value is -0.780. The third-order valence-electron chi connectivity index (χ3n) is 2.29. The molecule has 23 heavy (non-hydrogen) atoms. The van der Waals surface area contributed by atoms with Gasteiger partial charge in [0, 0.05) is 32.9 Å². The molecular weight excluding hydrogens is 435 g/mol. The zero-order chi connectivity index (χ0) is 17.2. The molecule has 1 amide bonds. The number of carbonyl (C=O) groups excluding carboxylic acids is 1. The lowest BCUT2D eigenvalue weighted by molar-refractivity contribution is 0.0529. The minimum Gasteiger partial charge on any atom is -0.444 e. The Morgan fingerprint density at radius 2 is 1.61 bits per heavy atom. The number of amides is 1. The van der Waals surface area contributed by atoms with Crippen LogP contribution in [0.2, 0.25) is 0 Å².